The van der Waals surface area contributed by atoms with E-state index in [4.69, 9.17) is 4.74 Å². The minimum absolute atomic E-state index is 0.314. The van der Waals surface area contributed by atoms with Crippen LogP contribution >= 0.6 is 0 Å². The summed E-state index contributed by atoms with van der Waals surface area (Å²) >= 11 is 0. The Kier molecular flexibility index (Phi) is 2.57. The summed E-state index contributed by atoms with van der Waals surface area (Å²) in [7, 11) is 1.97. The Morgan fingerprint density at radius 3 is 2.65 bits per heavy atom. The molecule has 0 saturated carbocycles. The van der Waals surface area contributed by atoms with Crippen molar-refractivity contribution in [1.82, 2.24) is 5.32 Å². The van der Waals surface area contributed by atoms with Crippen LogP contribution in [-0.2, 0) is 0 Å². The van der Waals surface area contributed by atoms with Crippen molar-refractivity contribution in [2.45, 2.75) is 6.04 Å². The first-order chi connectivity index (χ1) is 8.40. The molecule has 1 atom stereocenters. The molecule has 0 amide bonds. The molecule has 0 bridgehead atoms. The number of ether oxygens (including phenoxy) is 1. The Labute approximate surface area is 101 Å². The molecule has 0 spiro atoms. The molecule has 1 heterocycles. The zero-order valence-electron chi connectivity index (χ0n) is 9.81. The van der Waals surface area contributed by atoms with E-state index in [1.54, 1.807) is 0 Å². The van der Waals surface area contributed by atoms with Gasteiger partial charge >= 0.3 is 0 Å². The van der Waals surface area contributed by atoms with E-state index < -0.39 is 0 Å². The van der Waals surface area contributed by atoms with Gasteiger partial charge in [-0.05, 0) is 12.6 Å². The van der Waals surface area contributed by atoms with E-state index >= 15 is 0 Å². The van der Waals surface area contributed by atoms with E-state index in [-0.39, 0.29) is 0 Å². The number of hydrogen-bond acceptors (Lipinski definition) is 2. The fraction of sp³-hybridized carbons (Fsp3) is 0.200. The second-order valence-electron chi connectivity index (χ2n) is 4.24. The highest BCUT2D eigenvalue weighted by atomic mass is 16.5. The maximum absolute atomic E-state index is 5.83. The van der Waals surface area contributed by atoms with Crippen molar-refractivity contribution in [3.8, 4) is 16.9 Å². The topological polar surface area (TPSA) is 21.3 Å². The zero-order chi connectivity index (χ0) is 11.7. The van der Waals surface area contributed by atoms with Gasteiger partial charge in [0.05, 0.1) is 6.04 Å². The van der Waals surface area contributed by atoms with Crippen molar-refractivity contribution in [2.24, 2.45) is 0 Å². The van der Waals surface area contributed by atoms with Crippen LogP contribution in [0.15, 0.2) is 48.5 Å². The van der Waals surface area contributed by atoms with E-state index in [0.29, 0.717) is 6.04 Å². The second-order valence-corrected chi connectivity index (χ2v) is 4.24. The molecule has 2 heteroatoms. The number of nitrogens with one attached hydrogen (secondary N) is 1. The first kappa shape index (κ1) is 10.4. The Bertz CT molecular complexity index is 522. The molecule has 2 aromatic carbocycles. The normalized spacial score (nSPS) is 17.6. The highest BCUT2D eigenvalue weighted by molar-refractivity contribution is 5.73. The third-order valence-electron chi connectivity index (χ3n) is 3.25. The quantitative estimate of drug-likeness (QED) is 0.848. The van der Waals surface area contributed by atoms with Crippen molar-refractivity contribution in [3.05, 3.63) is 54.1 Å². The summed E-state index contributed by atoms with van der Waals surface area (Å²) in [5, 5.41) is 3.27. The molecule has 1 N–H and O–H groups in total. The number of fused-ring (bicyclic) bond motifs is 1. The van der Waals surface area contributed by atoms with Gasteiger partial charge in [0.15, 0.2) is 0 Å². The minimum Gasteiger partial charge on any atom is -0.491 e. The maximum atomic E-state index is 5.83. The van der Waals surface area contributed by atoms with Gasteiger partial charge in [0.2, 0.25) is 0 Å². The molecule has 0 aliphatic carbocycles. The van der Waals surface area contributed by atoms with Crippen molar-refractivity contribution in [1.29, 1.82) is 0 Å². The first-order valence-electron chi connectivity index (χ1n) is 5.88. The summed E-state index contributed by atoms with van der Waals surface area (Å²) in [6, 6.07) is 17.0. The minimum atomic E-state index is 0.314. The molecule has 2 nitrogen and oxygen atoms in total. The zero-order valence-corrected chi connectivity index (χ0v) is 9.81. The van der Waals surface area contributed by atoms with Crippen LogP contribution in [0.5, 0.6) is 5.75 Å². The smallest absolute Gasteiger partial charge is 0.132 e. The van der Waals surface area contributed by atoms with Gasteiger partial charge in [0.25, 0.3) is 0 Å². The molecule has 86 valence electrons. The lowest BCUT2D eigenvalue weighted by atomic mass is 10.00. The Morgan fingerprint density at radius 2 is 1.88 bits per heavy atom. The van der Waals surface area contributed by atoms with Crippen LogP contribution in [0.3, 0.4) is 0 Å². The molecule has 2 aromatic rings. The number of benzene rings is 2. The highest BCUT2D eigenvalue weighted by Crippen LogP contribution is 2.40. The highest BCUT2D eigenvalue weighted by Gasteiger charge is 2.25. The lowest BCUT2D eigenvalue weighted by Crippen LogP contribution is -2.16. The Morgan fingerprint density at radius 1 is 1.06 bits per heavy atom. The van der Waals surface area contributed by atoms with Crippen molar-refractivity contribution in [2.75, 3.05) is 13.7 Å². The lowest BCUT2D eigenvalue weighted by Gasteiger charge is -2.08. The van der Waals surface area contributed by atoms with Gasteiger partial charge in [-0.2, -0.15) is 0 Å². The summed E-state index contributed by atoms with van der Waals surface area (Å²) in [4.78, 5) is 0. The largest absolute Gasteiger partial charge is 0.491 e. The molecule has 0 aromatic heterocycles. The van der Waals surface area contributed by atoms with Crippen LogP contribution in [0.4, 0.5) is 0 Å². The van der Waals surface area contributed by atoms with Gasteiger partial charge in [0.1, 0.15) is 12.4 Å². The van der Waals surface area contributed by atoms with E-state index in [1.165, 1.54) is 16.7 Å². The van der Waals surface area contributed by atoms with Gasteiger partial charge in [-0.1, -0.05) is 48.5 Å². The van der Waals surface area contributed by atoms with Crippen molar-refractivity contribution in [3.63, 3.8) is 0 Å². The van der Waals surface area contributed by atoms with Gasteiger partial charge in [-0.15, -0.1) is 0 Å². The number of rotatable bonds is 2. The van der Waals surface area contributed by atoms with Gasteiger partial charge in [-0.25, -0.2) is 0 Å². The van der Waals surface area contributed by atoms with Crippen LogP contribution in [0.2, 0.25) is 0 Å². The SMILES string of the molecule is CNC1COc2c(-c3ccccc3)cccc21. The molecule has 0 radical (unpaired) electrons. The average molecular weight is 225 g/mol. The number of para-hydroxylation sites is 1. The van der Waals surface area contributed by atoms with Crippen LogP contribution in [-0.4, -0.2) is 13.7 Å². The summed E-state index contributed by atoms with van der Waals surface area (Å²) in [6.45, 7) is 0.718. The van der Waals surface area contributed by atoms with Gasteiger partial charge in [-0.3, -0.25) is 0 Å². The molecular formula is C15H15NO. The summed E-state index contributed by atoms with van der Waals surface area (Å²) in [5.41, 5.74) is 3.65. The number of likely N-dealkylation sites (N-methyl/N-ethyl adjacent to an activating group) is 1. The third-order valence-corrected chi connectivity index (χ3v) is 3.25. The number of hydrogen-bond donors (Lipinski definition) is 1. The average Bonchev–Trinajstić information content (AvgIpc) is 2.82. The van der Waals surface area contributed by atoms with Crippen LogP contribution in [0.25, 0.3) is 11.1 Å². The molecular weight excluding hydrogens is 210 g/mol. The molecule has 0 fully saturated rings. The summed E-state index contributed by atoms with van der Waals surface area (Å²) in [6.07, 6.45) is 0. The molecule has 17 heavy (non-hydrogen) atoms. The summed E-state index contributed by atoms with van der Waals surface area (Å²) in [5.74, 6) is 1.03. The molecule has 1 unspecified atom stereocenters. The Hall–Kier alpha value is -1.80. The maximum Gasteiger partial charge on any atom is 0.132 e. The van der Waals surface area contributed by atoms with Crippen LogP contribution in [0, 0.1) is 0 Å². The second kappa shape index (κ2) is 4.22. The molecule has 0 saturated heterocycles. The Balaban J connectivity index is 2.12. The fourth-order valence-corrected chi connectivity index (χ4v) is 2.33. The van der Waals surface area contributed by atoms with E-state index in [0.717, 1.165) is 12.4 Å². The fourth-order valence-electron chi connectivity index (χ4n) is 2.33. The van der Waals surface area contributed by atoms with E-state index in [2.05, 4.69) is 47.8 Å². The van der Waals surface area contributed by atoms with Gasteiger partial charge < -0.3 is 10.1 Å². The predicted octanol–water partition coefficient (Wildman–Crippen LogP) is 3.01. The van der Waals surface area contributed by atoms with Crippen molar-refractivity contribution >= 4 is 0 Å². The van der Waals surface area contributed by atoms with Crippen molar-refractivity contribution < 1.29 is 4.74 Å². The van der Waals surface area contributed by atoms with E-state index in [9.17, 15) is 0 Å². The standard InChI is InChI=1S/C15H15NO/c1-16-14-10-17-15-12(8-5-9-13(14)15)11-6-3-2-4-7-11/h2-9,14,16H,10H2,1H3. The molecule has 3 rings (SSSR count). The summed E-state index contributed by atoms with van der Waals surface area (Å²) < 4.78 is 5.83. The first-order valence-corrected chi connectivity index (χ1v) is 5.88. The lowest BCUT2D eigenvalue weighted by molar-refractivity contribution is 0.319. The third kappa shape index (κ3) is 1.71. The van der Waals surface area contributed by atoms with Gasteiger partial charge in [0, 0.05) is 11.1 Å². The molecule has 1 aliphatic heterocycles. The predicted molar refractivity (Wildman–Crippen MR) is 69.2 cm³/mol. The van der Waals surface area contributed by atoms with E-state index in [1.807, 2.05) is 13.1 Å². The molecule has 1 aliphatic rings. The van der Waals surface area contributed by atoms with Crippen LogP contribution < -0.4 is 10.1 Å². The monoisotopic (exact) mass is 225 g/mol. The van der Waals surface area contributed by atoms with Crippen LogP contribution in [0.1, 0.15) is 11.6 Å².